The summed E-state index contributed by atoms with van der Waals surface area (Å²) in [4.78, 5) is 6.98. The molecule has 1 spiro atoms. The molecule has 0 amide bonds. The predicted octanol–water partition coefficient (Wildman–Crippen LogP) is 4.54. The molecule has 0 radical (unpaired) electrons. The minimum atomic E-state index is -2.93. The van der Waals surface area contributed by atoms with Gasteiger partial charge in [0, 0.05) is 49.2 Å². The number of anilines is 1. The van der Waals surface area contributed by atoms with E-state index < -0.39 is 15.7 Å². The Bertz CT molecular complexity index is 1320. The molecule has 2 saturated heterocycles. The number of hydrogen-bond donors (Lipinski definition) is 1. The van der Waals surface area contributed by atoms with E-state index in [1.54, 1.807) is 6.07 Å². The molecule has 2 fully saturated rings. The maximum Gasteiger partial charge on any atom is 0.165 e. The molecule has 0 unspecified atom stereocenters. The summed E-state index contributed by atoms with van der Waals surface area (Å²) in [6.45, 7) is 6.69. The van der Waals surface area contributed by atoms with Crippen LogP contribution in [-0.2, 0) is 9.84 Å². The Kier molecular flexibility index (Phi) is 7.70. The Morgan fingerprint density at radius 2 is 1.89 bits per heavy atom. The van der Waals surface area contributed by atoms with Crippen molar-refractivity contribution in [3.8, 4) is 22.8 Å². The smallest absolute Gasteiger partial charge is 0.165 e. The number of hydrogen-bond acceptors (Lipinski definition) is 7. The second-order valence-corrected chi connectivity index (χ2v) is 11.3. The Labute approximate surface area is 214 Å². The molecule has 2 aliphatic rings. The van der Waals surface area contributed by atoms with Crippen molar-refractivity contribution in [1.82, 2.24) is 10.3 Å². The van der Waals surface area contributed by atoms with E-state index in [4.69, 9.17) is 14.5 Å². The summed E-state index contributed by atoms with van der Waals surface area (Å²) in [5.74, 6) is 0.914. The molecule has 9 heteroatoms. The zero-order chi connectivity index (χ0) is 25.9. The van der Waals surface area contributed by atoms with Gasteiger partial charge in [0.05, 0.1) is 29.8 Å². The third kappa shape index (κ3) is 5.27. The summed E-state index contributed by atoms with van der Waals surface area (Å²) in [5.41, 5.74) is 2.94. The number of likely N-dealkylation sites (N-methyl/N-ethyl adjacent to an activating group) is 1. The van der Waals surface area contributed by atoms with Crippen molar-refractivity contribution in [2.45, 2.75) is 20.3 Å². The lowest BCUT2D eigenvalue weighted by atomic mass is 9.91. The van der Waals surface area contributed by atoms with Gasteiger partial charge in [-0.15, -0.1) is 0 Å². The number of nitrogens with one attached hydrogen (secondary N) is 1. The minimum absolute atomic E-state index is 0. The van der Waals surface area contributed by atoms with Gasteiger partial charge in [0.15, 0.2) is 21.4 Å². The molecule has 1 N–H and O–H groups in total. The fourth-order valence-corrected chi connectivity index (χ4v) is 7.29. The van der Waals surface area contributed by atoms with Crippen LogP contribution in [0.3, 0.4) is 0 Å². The van der Waals surface area contributed by atoms with E-state index in [1.165, 1.54) is 13.2 Å². The highest BCUT2D eigenvalue weighted by Crippen LogP contribution is 2.45. The highest BCUT2D eigenvalue weighted by molar-refractivity contribution is 7.92. The van der Waals surface area contributed by atoms with Crippen molar-refractivity contribution >= 4 is 26.4 Å². The molecule has 196 valence electrons. The van der Waals surface area contributed by atoms with Crippen LogP contribution >= 0.6 is 0 Å². The van der Waals surface area contributed by atoms with E-state index in [-0.39, 0.29) is 24.1 Å². The number of aromatic nitrogens is 1. The van der Waals surface area contributed by atoms with Gasteiger partial charge < -0.3 is 19.7 Å². The second kappa shape index (κ2) is 10.6. The second-order valence-electron chi connectivity index (χ2n) is 9.21. The summed E-state index contributed by atoms with van der Waals surface area (Å²) >= 11 is 0. The Morgan fingerprint density at radius 3 is 2.53 bits per heavy atom. The number of halogens is 1. The minimum Gasteiger partial charge on any atom is -0.494 e. The van der Waals surface area contributed by atoms with Gasteiger partial charge in [0.2, 0.25) is 0 Å². The Balaban J connectivity index is 0.00000124. The van der Waals surface area contributed by atoms with Crippen LogP contribution in [0.1, 0.15) is 21.7 Å². The molecule has 2 aromatic carbocycles. The van der Waals surface area contributed by atoms with Gasteiger partial charge in [0.25, 0.3) is 0 Å². The van der Waals surface area contributed by atoms with Crippen molar-refractivity contribution in [3.05, 3.63) is 48.3 Å². The van der Waals surface area contributed by atoms with Crippen molar-refractivity contribution in [2.24, 2.45) is 5.41 Å². The highest BCUT2D eigenvalue weighted by Gasteiger charge is 2.52. The van der Waals surface area contributed by atoms with Crippen LogP contribution in [0.2, 0.25) is 0 Å². The largest absolute Gasteiger partial charge is 0.494 e. The van der Waals surface area contributed by atoms with E-state index in [1.807, 2.05) is 51.2 Å². The van der Waals surface area contributed by atoms with Crippen LogP contribution in [0.4, 0.5) is 10.1 Å². The maximum absolute atomic E-state index is 14.6. The number of benzene rings is 2. The summed E-state index contributed by atoms with van der Waals surface area (Å²) in [6, 6.07) is 12.8. The molecule has 36 heavy (non-hydrogen) atoms. The lowest BCUT2D eigenvalue weighted by Crippen LogP contribution is -2.50. The molecule has 0 atom stereocenters. The van der Waals surface area contributed by atoms with Crippen LogP contribution in [-0.4, -0.2) is 65.3 Å². The number of methoxy groups -OCH3 is 1. The first kappa shape index (κ1) is 26.2. The number of ether oxygens (including phenoxy) is 2. The molecule has 5 rings (SSSR count). The Hall–Kier alpha value is -2.91. The van der Waals surface area contributed by atoms with Crippen LogP contribution in [0.25, 0.3) is 22.2 Å². The van der Waals surface area contributed by atoms with E-state index in [2.05, 4.69) is 10.2 Å². The molecule has 3 heterocycles. The monoisotopic (exact) mass is 517 g/mol. The highest BCUT2D eigenvalue weighted by atomic mass is 32.2. The van der Waals surface area contributed by atoms with Crippen LogP contribution in [0.15, 0.2) is 42.5 Å². The average Bonchev–Trinajstić information content (AvgIpc) is 3.28. The lowest BCUT2D eigenvalue weighted by molar-refractivity contribution is 0.318. The molecule has 0 aliphatic carbocycles. The zero-order valence-electron chi connectivity index (χ0n) is 21.3. The number of nitrogens with zero attached hydrogens (tertiary/aromatic N) is 2. The van der Waals surface area contributed by atoms with E-state index in [0.29, 0.717) is 24.1 Å². The topological polar surface area (TPSA) is 80.8 Å². The van der Waals surface area contributed by atoms with Crippen LogP contribution in [0, 0.1) is 11.2 Å². The van der Waals surface area contributed by atoms with Gasteiger partial charge in [-0.3, -0.25) is 0 Å². The van der Waals surface area contributed by atoms with Gasteiger partial charge in [-0.05, 0) is 49.9 Å². The first-order valence-electron chi connectivity index (χ1n) is 12.3. The molecule has 7 nitrogen and oxygen atoms in total. The lowest BCUT2D eigenvalue weighted by Gasteiger charge is -2.37. The quantitative estimate of drug-likeness (QED) is 0.461. The normalized spacial score (nSPS) is 17.4. The van der Waals surface area contributed by atoms with Crippen molar-refractivity contribution < 1.29 is 23.7 Å². The fourth-order valence-electron chi connectivity index (χ4n) is 5.04. The Morgan fingerprint density at radius 1 is 1.17 bits per heavy atom. The van der Waals surface area contributed by atoms with Crippen molar-refractivity contribution in [2.75, 3.05) is 56.8 Å². The molecular weight excluding hydrogens is 481 g/mol. The standard InChI is InChI=1S/C25H28FN3O4S.C2H6.H2/c1-27-8-10-33-18-5-3-17(4-6-18)21-12-23(19-11-20(26)24(32-2)13-22(19)28-21)29-9-7-25(14-29)15-34(30,31)16-25;1-2;/h3-6,11-13,27H,7-10,14-16H2,1-2H3;1-2H3;1H. The predicted molar refractivity (Wildman–Crippen MR) is 144 cm³/mol. The molecule has 3 aromatic rings. The van der Waals surface area contributed by atoms with Crippen LogP contribution in [0.5, 0.6) is 11.5 Å². The molecular formula is C27H36FN3O4S. The van der Waals surface area contributed by atoms with E-state index in [0.717, 1.165) is 42.2 Å². The number of fused-ring (bicyclic) bond motifs is 1. The summed E-state index contributed by atoms with van der Waals surface area (Å²) < 4.78 is 49.3. The van der Waals surface area contributed by atoms with Gasteiger partial charge in [0.1, 0.15) is 12.4 Å². The fraction of sp³-hybridized carbons (Fsp3) is 0.444. The van der Waals surface area contributed by atoms with Gasteiger partial charge >= 0.3 is 0 Å². The van der Waals surface area contributed by atoms with Gasteiger partial charge in [-0.1, -0.05) is 13.8 Å². The van der Waals surface area contributed by atoms with Crippen molar-refractivity contribution in [1.29, 1.82) is 0 Å². The van der Waals surface area contributed by atoms with E-state index in [9.17, 15) is 12.8 Å². The molecule has 0 saturated carbocycles. The number of rotatable bonds is 7. The average molecular weight is 518 g/mol. The van der Waals surface area contributed by atoms with Crippen LogP contribution < -0.4 is 19.7 Å². The number of pyridine rings is 1. The molecule has 2 aliphatic heterocycles. The van der Waals surface area contributed by atoms with Gasteiger partial charge in [-0.2, -0.15) is 0 Å². The summed E-state index contributed by atoms with van der Waals surface area (Å²) in [7, 11) is 0.379. The third-order valence-electron chi connectivity index (χ3n) is 6.66. The summed E-state index contributed by atoms with van der Waals surface area (Å²) in [6.07, 6.45) is 0.808. The van der Waals surface area contributed by atoms with E-state index >= 15 is 0 Å². The number of sulfone groups is 1. The zero-order valence-corrected chi connectivity index (χ0v) is 22.1. The first-order valence-corrected chi connectivity index (χ1v) is 14.2. The SMILES string of the molecule is CC.CNCCOc1ccc(-c2cc(N3CCC4(C3)CS(=O)(=O)C4)c3cc(F)c(OC)cc3n2)cc1.[HH]. The summed E-state index contributed by atoms with van der Waals surface area (Å²) in [5, 5.41) is 3.74. The maximum atomic E-state index is 14.6. The molecule has 1 aromatic heterocycles. The third-order valence-corrected chi connectivity index (χ3v) is 8.77. The van der Waals surface area contributed by atoms with Gasteiger partial charge in [-0.25, -0.2) is 17.8 Å². The van der Waals surface area contributed by atoms with Crippen molar-refractivity contribution in [3.63, 3.8) is 0 Å². The first-order chi connectivity index (χ1) is 17.3. The molecule has 0 bridgehead atoms.